The van der Waals surface area contributed by atoms with Crippen molar-refractivity contribution in [2.24, 2.45) is 0 Å². The number of ether oxygens (including phenoxy) is 1. The fourth-order valence-corrected chi connectivity index (χ4v) is 3.87. The summed E-state index contributed by atoms with van der Waals surface area (Å²) < 4.78 is 25.9. The quantitative estimate of drug-likeness (QED) is 0.472. The number of benzene rings is 1. The van der Waals surface area contributed by atoms with E-state index in [4.69, 9.17) is 9.15 Å². The molecule has 7 heteroatoms. The summed E-state index contributed by atoms with van der Waals surface area (Å²) in [6.07, 6.45) is 8.16. The van der Waals surface area contributed by atoms with E-state index < -0.39 is 5.82 Å². The Kier molecular flexibility index (Phi) is 4.78. The fraction of sp³-hybridized carbons (Fsp3) is 0.261. The molecular weight excluding hydrogens is 385 g/mol. The highest BCUT2D eigenvalue weighted by molar-refractivity contribution is 5.84. The molecule has 152 valence electrons. The van der Waals surface area contributed by atoms with Crippen LogP contribution in [0.3, 0.4) is 0 Å². The summed E-state index contributed by atoms with van der Waals surface area (Å²) in [4.78, 5) is 16.5. The molecule has 0 spiro atoms. The molecule has 0 N–H and O–H groups in total. The zero-order valence-electron chi connectivity index (χ0n) is 16.3. The van der Waals surface area contributed by atoms with Gasteiger partial charge in [-0.2, -0.15) is 9.78 Å². The lowest BCUT2D eigenvalue weighted by Gasteiger charge is -2.08. The van der Waals surface area contributed by atoms with E-state index in [2.05, 4.69) is 10.1 Å². The van der Waals surface area contributed by atoms with Gasteiger partial charge in [-0.25, -0.2) is 4.39 Å². The molecule has 0 atom stereocenters. The first-order valence-electron chi connectivity index (χ1n) is 10.0. The van der Waals surface area contributed by atoms with Crippen LogP contribution in [0.25, 0.3) is 16.7 Å². The molecule has 0 fully saturated rings. The SMILES string of the molecule is O=c1cc(OCc2ccc(F)cn2)cnn1-c1ccc2c3c(oc2c1)CCCCC3. The van der Waals surface area contributed by atoms with Crippen molar-refractivity contribution in [3.8, 4) is 11.4 Å². The molecule has 1 aromatic carbocycles. The zero-order valence-corrected chi connectivity index (χ0v) is 16.3. The molecule has 5 rings (SSSR count). The summed E-state index contributed by atoms with van der Waals surface area (Å²) >= 11 is 0. The molecule has 0 bridgehead atoms. The molecule has 3 heterocycles. The first-order valence-corrected chi connectivity index (χ1v) is 10.0. The highest BCUT2D eigenvalue weighted by Crippen LogP contribution is 2.32. The van der Waals surface area contributed by atoms with Crippen LogP contribution in [-0.4, -0.2) is 14.8 Å². The van der Waals surface area contributed by atoms with Gasteiger partial charge in [0.15, 0.2) is 0 Å². The largest absolute Gasteiger partial charge is 0.485 e. The van der Waals surface area contributed by atoms with Gasteiger partial charge in [-0.15, -0.1) is 0 Å². The van der Waals surface area contributed by atoms with Crippen LogP contribution in [0.4, 0.5) is 4.39 Å². The molecule has 0 amide bonds. The predicted octanol–water partition coefficient (Wildman–Crippen LogP) is 4.36. The average Bonchev–Trinajstić information content (AvgIpc) is 2.93. The minimum Gasteiger partial charge on any atom is -0.485 e. The number of rotatable bonds is 4. The first-order chi connectivity index (χ1) is 14.7. The highest BCUT2D eigenvalue weighted by Gasteiger charge is 2.17. The van der Waals surface area contributed by atoms with Crippen molar-refractivity contribution in [3.63, 3.8) is 0 Å². The first kappa shape index (κ1) is 18.5. The molecule has 0 aliphatic heterocycles. The smallest absolute Gasteiger partial charge is 0.275 e. The lowest BCUT2D eigenvalue weighted by molar-refractivity contribution is 0.298. The van der Waals surface area contributed by atoms with Crippen LogP contribution in [0.5, 0.6) is 5.75 Å². The molecule has 1 aliphatic rings. The molecule has 0 unspecified atom stereocenters. The number of aromatic nitrogens is 3. The molecular formula is C23H20FN3O3. The van der Waals surface area contributed by atoms with Gasteiger partial charge >= 0.3 is 0 Å². The Morgan fingerprint density at radius 2 is 1.97 bits per heavy atom. The minimum absolute atomic E-state index is 0.120. The maximum absolute atomic E-state index is 12.9. The maximum Gasteiger partial charge on any atom is 0.275 e. The second-order valence-electron chi connectivity index (χ2n) is 7.44. The monoisotopic (exact) mass is 405 g/mol. The van der Waals surface area contributed by atoms with Gasteiger partial charge < -0.3 is 9.15 Å². The van der Waals surface area contributed by atoms with E-state index >= 15 is 0 Å². The number of halogens is 1. The average molecular weight is 405 g/mol. The summed E-state index contributed by atoms with van der Waals surface area (Å²) in [6.45, 7) is 0.120. The van der Waals surface area contributed by atoms with Crippen molar-refractivity contribution in [1.29, 1.82) is 0 Å². The van der Waals surface area contributed by atoms with Gasteiger partial charge in [-0.3, -0.25) is 9.78 Å². The van der Waals surface area contributed by atoms with Crippen molar-refractivity contribution >= 4 is 11.0 Å². The third-order valence-electron chi connectivity index (χ3n) is 5.39. The number of furan rings is 1. The Balaban J connectivity index is 1.39. The van der Waals surface area contributed by atoms with Crippen molar-refractivity contribution in [2.45, 2.75) is 38.7 Å². The lowest BCUT2D eigenvalue weighted by Crippen LogP contribution is -2.20. The Bertz CT molecular complexity index is 1260. The van der Waals surface area contributed by atoms with Gasteiger partial charge in [0.1, 0.15) is 29.5 Å². The summed E-state index contributed by atoms with van der Waals surface area (Å²) in [5, 5.41) is 5.36. The van der Waals surface area contributed by atoms with E-state index in [1.807, 2.05) is 18.2 Å². The van der Waals surface area contributed by atoms with Crippen molar-refractivity contribution in [1.82, 2.24) is 14.8 Å². The number of fused-ring (bicyclic) bond motifs is 3. The maximum atomic E-state index is 12.9. The number of hydrogen-bond acceptors (Lipinski definition) is 5. The number of hydrogen-bond donors (Lipinski definition) is 0. The van der Waals surface area contributed by atoms with Gasteiger partial charge in [0.2, 0.25) is 0 Å². The summed E-state index contributed by atoms with van der Waals surface area (Å²) in [7, 11) is 0. The molecule has 3 aromatic heterocycles. The second kappa shape index (κ2) is 7.74. The fourth-order valence-electron chi connectivity index (χ4n) is 3.87. The summed E-state index contributed by atoms with van der Waals surface area (Å²) in [6, 6.07) is 9.98. The van der Waals surface area contributed by atoms with E-state index in [0.717, 1.165) is 42.2 Å². The number of pyridine rings is 1. The minimum atomic E-state index is -0.409. The Labute approximate surface area is 171 Å². The van der Waals surface area contributed by atoms with Crippen molar-refractivity contribution in [3.05, 3.63) is 82.0 Å². The van der Waals surface area contributed by atoms with Crippen LogP contribution in [-0.2, 0) is 19.4 Å². The standard InChI is InChI=1S/C23H20FN3O3/c24-15-6-7-16(25-12-15)14-29-18-11-23(28)27(26-13-18)17-8-9-20-19-4-2-1-3-5-21(19)30-22(20)10-17/h6-13H,1-5,14H2. The third kappa shape index (κ3) is 3.58. The van der Waals surface area contributed by atoms with Crippen molar-refractivity contribution < 1.29 is 13.5 Å². The van der Waals surface area contributed by atoms with Crippen LogP contribution >= 0.6 is 0 Å². The van der Waals surface area contributed by atoms with E-state index in [1.165, 1.54) is 47.5 Å². The molecule has 1 aliphatic carbocycles. The van der Waals surface area contributed by atoms with E-state index in [9.17, 15) is 9.18 Å². The van der Waals surface area contributed by atoms with E-state index in [0.29, 0.717) is 17.1 Å². The van der Waals surface area contributed by atoms with Gasteiger partial charge in [0, 0.05) is 29.5 Å². The molecule has 30 heavy (non-hydrogen) atoms. The van der Waals surface area contributed by atoms with Crippen LogP contribution in [0, 0.1) is 5.82 Å². The van der Waals surface area contributed by atoms with E-state index in [1.54, 1.807) is 0 Å². The molecule has 0 radical (unpaired) electrons. The lowest BCUT2D eigenvalue weighted by atomic mass is 10.1. The Hall–Kier alpha value is -3.48. The molecule has 6 nitrogen and oxygen atoms in total. The summed E-state index contributed by atoms with van der Waals surface area (Å²) in [5.41, 5.74) is 2.97. The predicted molar refractivity (Wildman–Crippen MR) is 109 cm³/mol. The Morgan fingerprint density at radius 1 is 1.07 bits per heavy atom. The van der Waals surface area contributed by atoms with Gasteiger partial charge in [-0.1, -0.05) is 6.42 Å². The van der Waals surface area contributed by atoms with Crippen molar-refractivity contribution in [2.75, 3.05) is 0 Å². The number of aryl methyl sites for hydroxylation is 2. The normalized spacial score (nSPS) is 13.8. The summed E-state index contributed by atoms with van der Waals surface area (Å²) in [5.74, 6) is 0.985. The van der Waals surface area contributed by atoms with Gasteiger partial charge in [-0.05, 0) is 43.5 Å². The van der Waals surface area contributed by atoms with Crippen LogP contribution < -0.4 is 10.3 Å². The zero-order chi connectivity index (χ0) is 20.5. The second-order valence-corrected chi connectivity index (χ2v) is 7.44. The number of nitrogens with zero attached hydrogens (tertiary/aromatic N) is 3. The van der Waals surface area contributed by atoms with Crippen LogP contribution in [0.2, 0.25) is 0 Å². The molecule has 4 aromatic rings. The van der Waals surface area contributed by atoms with Gasteiger partial charge in [0.25, 0.3) is 5.56 Å². The Morgan fingerprint density at radius 3 is 2.80 bits per heavy atom. The van der Waals surface area contributed by atoms with Crippen LogP contribution in [0.1, 0.15) is 36.3 Å². The highest BCUT2D eigenvalue weighted by atomic mass is 19.1. The molecule has 0 saturated heterocycles. The van der Waals surface area contributed by atoms with Crippen LogP contribution in [0.15, 0.2) is 58.0 Å². The molecule has 0 saturated carbocycles. The third-order valence-corrected chi connectivity index (χ3v) is 5.39. The topological polar surface area (TPSA) is 70.2 Å². The van der Waals surface area contributed by atoms with E-state index in [-0.39, 0.29) is 12.2 Å². The van der Waals surface area contributed by atoms with Gasteiger partial charge in [0.05, 0.1) is 23.8 Å².